The van der Waals surface area contributed by atoms with Gasteiger partial charge in [0.2, 0.25) is 0 Å². The minimum Gasteiger partial charge on any atom is -0.506 e. The van der Waals surface area contributed by atoms with E-state index in [2.05, 4.69) is 20.8 Å². The first-order chi connectivity index (χ1) is 7.88. The van der Waals surface area contributed by atoms with Gasteiger partial charge >= 0.3 is 0 Å². The van der Waals surface area contributed by atoms with Gasteiger partial charge in [-0.05, 0) is 11.5 Å². The fourth-order valence-electron chi connectivity index (χ4n) is 1.76. The van der Waals surface area contributed by atoms with Crippen molar-refractivity contribution in [1.29, 1.82) is 0 Å². The molecule has 0 bridgehead atoms. The van der Waals surface area contributed by atoms with Crippen molar-refractivity contribution < 1.29 is 5.11 Å². The van der Waals surface area contributed by atoms with Gasteiger partial charge < -0.3 is 10.8 Å². The van der Waals surface area contributed by atoms with Crippen LogP contribution in [0.1, 0.15) is 20.8 Å². The lowest BCUT2D eigenvalue weighted by Crippen LogP contribution is -2.06. The molecule has 0 aliphatic rings. The van der Waals surface area contributed by atoms with Crippen molar-refractivity contribution in [3.8, 4) is 5.75 Å². The molecule has 0 aliphatic carbocycles. The fourth-order valence-corrected chi connectivity index (χ4v) is 2.88. The number of fused-ring (bicyclic) bond motifs is 1. The van der Waals surface area contributed by atoms with E-state index in [1.54, 1.807) is 17.8 Å². The molecule has 2 rings (SSSR count). The van der Waals surface area contributed by atoms with E-state index in [-0.39, 0.29) is 10.5 Å². The van der Waals surface area contributed by atoms with Crippen LogP contribution in [0.3, 0.4) is 0 Å². The summed E-state index contributed by atoms with van der Waals surface area (Å²) < 4.78 is 0.103. The van der Waals surface area contributed by atoms with Gasteiger partial charge in [0.15, 0.2) is 0 Å². The van der Waals surface area contributed by atoms with Crippen LogP contribution in [0, 0.1) is 0 Å². The van der Waals surface area contributed by atoms with Crippen LogP contribution < -0.4 is 5.73 Å². The van der Waals surface area contributed by atoms with Crippen LogP contribution in [-0.2, 0) is 0 Å². The molecule has 0 atom stereocenters. The average molecular weight is 247 g/mol. The van der Waals surface area contributed by atoms with Crippen molar-refractivity contribution in [2.75, 3.05) is 5.73 Å². The number of rotatable bonds is 1. The number of thioether (sulfide) groups is 1. The van der Waals surface area contributed by atoms with E-state index in [4.69, 9.17) is 5.73 Å². The van der Waals surface area contributed by atoms with Gasteiger partial charge in [-0.25, -0.2) is 0 Å². The second kappa shape index (κ2) is 4.15. The summed E-state index contributed by atoms with van der Waals surface area (Å²) >= 11 is 1.74. The second-order valence-electron chi connectivity index (χ2n) is 5.07. The highest BCUT2D eigenvalue weighted by Gasteiger charge is 2.16. The van der Waals surface area contributed by atoms with Crippen molar-refractivity contribution in [2.24, 2.45) is 0 Å². The highest BCUT2D eigenvalue weighted by Crippen LogP contribution is 2.41. The summed E-state index contributed by atoms with van der Waals surface area (Å²) in [7, 11) is 0. The molecule has 90 valence electrons. The van der Waals surface area contributed by atoms with Crippen molar-refractivity contribution in [2.45, 2.75) is 30.4 Å². The van der Waals surface area contributed by atoms with E-state index in [1.807, 2.05) is 24.3 Å². The van der Waals surface area contributed by atoms with E-state index < -0.39 is 0 Å². The van der Waals surface area contributed by atoms with Gasteiger partial charge in [-0.3, -0.25) is 0 Å². The number of nitrogen functional groups attached to an aromatic ring is 1. The summed E-state index contributed by atoms with van der Waals surface area (Å²) in [6, 6.07) is 9.67. The Kier molecular flexibility index (Phi) is 2.96. The third-order valence-corrected chi connectivity index (χ3v) is 3.61. The maximum atomic E-state index is 9.86. The number of nitrogens with two attached hydrogens (primary N) is 1. The molecule has 2 aromatic carbocycles. The van der Waals surface area contributed by atoms with E-state index in [9.17, 15) is 5.11 Å². The first-order valence-corrected chi connectivity index (χ1v) is 6.39. The summed E-state index contributed by atoms with van der Waals surface area (Å²) in [6.45, 7) is 6.46. The number of phenolic OH excluding ortho intramolecular Hbond substituents is 1. The van der Waals surface area contributed by atoms with Gasteiger partial charge in [-0.15, -0.1) is 11.8 Å². The van der Waals surface area contributed by atoms with E-state index >= 15 is 0 Å². The molecule has 0 fully saturated rings. The summed E-state index contributed by atoms with van der Waals surface area (Å²) in [4.78, 5) is 1.07. The Morgan fingerprint density at radius 1 is 1.12 bits per heavy atom. The maximum Gasteiger partial charge on any atom is 0.140 e. The molecule has 0 radical (unpaired) electrons. The molecule has 0 saturated carbocycles. The molecule has 0 aliphatic heterocycles. The normalized spacial score (nSPS) is 11.9. The molecular formula is C14H17NOS. The lowest BCUT2D eigenvalue weighted by molar-refractivity contribution is 0.477. The molecule has 3 heteroatoms. The molecule has 0 spiro atoms. The third-order valence-electron chi connectivity index (χ3n) is 2.44. The number of hydrogen-bond acceptors (Lipinski definition) is 3. The molecule has 0 saturated heterocycles. The molecule has 0 heterocycles. The van der Waals surface area contributed by atoms with Crippen LogP contribution in [0.25, 0.3) is 10.8 Å². The van der Waals surface area contributed by atoms with Crippen LogP contribution in [0.5, 0.6) is 5.75 Å². The topological polar surface area (TPSA) is 46.2 Å². The zero-order chi connectivity index (χ0) is 12.6. The Morgan fingerprint density at radius 3 is 2.29 bits per heavy atom. The van der Waals surface area contributed by atoms with Crippen molar-refractivity contribution in [3.05, 3.63) is 30.3 Å². The quantitative estimate of drug-likeness (QED) is 0.454. The molecule has 2 nitrogen and oxygen atoms in total. The number of phenols is 1. The smallest absolute Gasteiger partial charge is 0.140 e. The first-order valence-electron chi connectivity index (χ1n) is 5.58. The van der Waals surface area contributed by atoms with E-state index in [0.717, 1.165) is 15.7 Å². The molecule has 0 aromatic heterocycles. The van der Waals surface area contributed by atoms with Crippen LogP contribution in [0.4, 0.5) is 5.69 Å². The van der Waals surface area contributed by atoms with E-state index in [0.29, 0.717) is 5.69 Å². The SMILES string of the molecule is CC(C)(C)Sc1cc(O)c(N)c2ccccc12. The standard InChI is InChI=1S/C14H17NOS/c1-14(2,3)17-12-8-11(16)13(15)10-7-5-4-6-9(10)12/h4-8,16H,15H2,1-3H3. The number of benzene rings is 2. The largest absolute Gasteiger partial charge is 0.506 e. The van der Waals surface area contributed by atoms with E-state index in [1.165, 1.54) is 0 Å². The van der Waals surface area contributed by atoms with Gasteiger partial charge in [0.05, 0.1) is 5.69 Å². The zero-order valence-electron chi connectivity index (χ0n) is 10.3. The molecule has 0 amide bonds. The average Bonchev–Trinajstić information content (AvgIpc) is 2.24. The van der Waals surface area contributed by atoms with Crippen LogP contribution in [-0.4, -0.2) is 9.85 Å². The fraction of sp³-hybridized carbons (Fsp3) is 0.286. The zero-order valence-corrected chi connectivity index (χ0v) is 11.1. The van der Waals surface area contributed by atoms with Crippen LogP contribution in [0.15, 0.2) is 35.2 Å². The Morgan fingerprint density at radius 2 is 1.71 bits per heavy atom. The van der Waals surface area contributed by atoms with Gasteiger partial charge in [0, 0.05) is 15.0 Å². The third kappa shape index (κ3) is 2.50. The minimum atomic E-state index is 0.103. The van der Waals surface area contributed by atoms with Gasteiger partial charge in [0.25, 0.3) is 0 Å². The first kappa shape index (κ1) is 12.1. The summed E-state index contributed by atoms with van der Waals surface area (Å²) in [6.07, 6.45) is 0. The maximum absolute atomic E-state index is 9.86. The Labute approximate surface area is 106 Å². The van der Waals surface area contributed by atoms with Gasteiger partial charge in [-0.1, -0.05) is 45.0 Å². The van der Waals surface area contributed by atoms with Gasteiger partial charge in [-0.2, -0.15) is 0 Å². The number of hydrogen-bond donors (Lipinski definition) is 2. The number of aromatic hydroxyl groups is 1. The Hall–Kier alpha value is -1.35. The molecule has 2 aromatic rings. The molecular weight excluding hydrogens is 230 g/mol. The second-order valence-corrected chi connectivity index (χ2v) is 6.94. The number of anilines is 1. The van der Waals surface area contributed by atoms with Gasteiger partial charge in [0.1, 0.15) is 5.75 Å². The monoisotopic (exact) mass is 247 g/mol. The van der Waals surface area contributed by atoms with Crippen LogP contribution >= 0.6 is 11.8 Å². The van der Waals surface area contributed by atoms with Crippen molar-refractivity contribution in [1.82, 2.24) is 0 Å². The molecule has 0 unspecified atom stereocenters. The summed E-state index contributed by atoms with van der Waals surface area (Å²) in [5, 5.41) is 11.9. The predicted molar refractivity (Wildman–Crippen MR) is 75.6 cm³/mol. The Bertz CT molecular complexity index is 558. The molecule has 3 N–H and O–H groups in total. The summed E-state index contributed by atoms with van der Waals surface area (Å²) in [5.41, 5.74) is 6.35. The highest BCUT2D eigenvalue weighted by atomic mass is 32.2. The minimum absolute atomic E-state index is 0.103. The van der Waals surface area contributed by atoms with Crippen LogP contribution in [0.2, 0.25) is 0 Å². The Balaban J connectivity index is 2.67. The predicted octanol–water partition coefficient (Wildman–Crippen LogP) is 4.02. The van der Waals surface area contributed by atoms with Crippen molar-refractivity contribution in [3.63, 3.8) is 0 Å². The lowest BCUT2D eigenvalue weighted by atomic mass is 10.1. The summed E-state index contributed by atoms with van der Waals surface area (Å²) in [5.74, 6) is 0.162. The highest BCUT2D eigenvalue weighted by molar-refractivity contribution is 8.00. The lowest BCUT2D eigenvalue weighted by Gasteiger charge is -2.19. The molecule has 17 heavy (non-hydrogen) atoms. The van der Waals surface area contributed by atoms with Crippen molar-refractivity contribution >= 4 is 28.2 Å².